The van der Waals surface area contributed by atoms with E-state index >= 15 is 0 Å². The molecule has 1 aliphatic heterocycles. The number of hydrogen-bond acceptors (Lipinski definition) is 5. The quantitative estimate of drug-likeness (QED) is 0.667. The van der Waals surface area contributed by atoms with Crippen molar-refractivity contribution in [3.8, 4) is 5.75 Å². The maximum Gasteiger partial charge on any atom is 0.119 e. The van der Waals surface area contributed by atoms with Gasteiger partial charge in [0.2, 0.25) is 0 Å². The fourth-order valence-electron chi connectivity index (χ4n) is 6.64. The molecule has 0 aromatic heterocycles. The number of rotatable bonds is 6. The summed E-state index contributed by atoms with van der Waals surface area (Å²) < 4.78 is 5.56. The van der Waals surface area contributed by atoms with Crippen molar-refractivity contribution in [3.05, 3.63) is 29.3 Å². The first-order valence-corrected chi connectivity index (χ1v) is 11.9. The van der Waals surface area contributed by atoms with E-state index in [0.717, 1.165) is 44.1 Å². The zero-order valence-corrected chi connectivity index (χ0v) is 18.7. The SMILES string of the molecule is COc1ccc2c(c1)C13CCN(CC4CC4)C(C2)C1(O)CC(NCC(C)C)C(O)C3. The van der Waals surface area contributed by atoms with Crippen LogP contribution < -0.4 is 10.1 Å². The maximum absolute atomic E-state index is 12.5. The number of ether oxygens (including phenoxy) is 1. The Balaban J connectivity index is 1.55. The third-order valence-electron chi connectivity index (χ3n) is 8.42. The molecular weight excluding hydrogens is 376 g/mol. The number of hydrogen-bond donors (Lipinski definition) is 3. The third-order valence-corrected chi connectivity index (χ3v) is 8.42. The number of benzene rings is 1. The van der Waals surface area contributed by atoms with Crippen LogP contribution in [-0.2, 0) is 11.8 Å². The van der Waals surface area contributed by atoms with Crippen molar-refractivity contribution in [2.24, 2.45) is 11.8 Å². The second-order valence-electron chi connectivity index (χ2n) is 10.8. The van der Waals surface area contributed by atoms with Crippen molar-refractivity contribution in [1.29, 1.82) is 0 Å². The Kier molecular flexibility index (Phi) is 5.17. The van der Waals surface area contributed by atoms with E-state index in [1.54, 1.807) is 7.11 Å². The van der Waals surface area contributed by atoms with Crippen LogP contribution in [0.25, 0.3) is 0 Å². The summed E-state index contributed by atoms with van der Waals surface area (Å²) in [4.78, 5) is 2.58. The van der Waals surface area contributed by atoms with Crippen LogP contribution in [0.5, 0.6) is 5.75 Å². The fraction of sp³-hybridized carbons (Fsp3) is 0.760. The first-order chi connectivity index (χ1) is 14.4. The number of piperidine rings is 1. The van der Waals surface area contributed by atoms with Crippen LogP contribution in [-0.4, -0.2) is 65.6 Å². The summed E-state index contributed by atoms with van der Waals surface area (Å²) in [6.45, 7) is 7.37. The average Bonchev–Trinajstić information content (AvgIpc) is 3.53. The van der Waals surface area contributed by atoms with Gasteiger partial charge in [-0.05, 0) is 86.7 Å². The molecule has 4 aliphatic rings. The van der Waals surface area contributed by atoms with E-state index in [2.05, 4.69) is 36.2 Å². The van der Waals surface area contributed by atoms with Gasteiger partial charge in [-0.15, -0.1) is 0 Å². The number of nitrogens with zero attached hydrogens (tertiary/aromatic N) is 1. The van der Waals surface area contributed by atoms with Crippen LogP contribution in [0.1, 0.15) is 57.1 Å². The number of aliphatic hydroxyl groups is 2. The van der Waals surface area contributed by atoms with Gasteiger partial charge >= 0.3 is 0 Å². The number of fused-ring (bicyclic) bond motifs is 1. The van der Waals surface area contributed by atoms with E-state index < -0.39 is 17.1 Å². The molecule has 0 amide bonds. The standard InChI is InChI=1S/C25H38N2O3/c1-16(2)14-26-21-12-25(29)23-10-18-6-7-19(30-3)11-20(18)24(25,13-22(21)28)8-9-27(23)15-17-4-5-17/h6-7,11,16-17,21-23,26,28-29H,4-5,8-10,12-15H2,1-3H3. The highest BCUT2D eigenvalue weighted by atomic mass is 16.5. The fourth-order valence-corrected chi connectivity index (χ4v) is 6.64. The van der Waals surface area contributed by atoms with Crippen molar-refractivity contribution in [1.82, 2.24) is 10.2 Å². The summed E-state index contributed by atoms with van der Waals surface area (Å²) in [5, 5.41) is 27.3. The Morgan fingerprint density at radius 1 is 1.27 bits per heavy atom. The molecule has 2 saturated carbocycles. The van der Waals surface area contributed by atoms with Crippen LogP contribution in [0.3, 0.4) is 0 Å². The monoisotopic (exact) mass is 414 g/mol. The third kappa shape index (κ3) is 3.21. The van der Waals surface area contributed by atoms with Gasteiger partial charge in [0.25, 0.3) is 0 Å². The molecule has 3 N–H and O–H groups in total. The summed E-state index contributed by atoms with van der Waals surface area (Å²) >= 11 is 0. The molecule has 1 saturated heterocycles. The van der Waals surface area contributed by atoms with Gasteiger partial charge in [-0.2, -0.15) is 0 Å². The number of methoxy groups -OCH3 is 1. The molecule has 5 nitrogen and oxygen atoms in total. The molecule has 166 valence electrons. The molecule has 3 aliphatic carbocycles. The van der Waals surface area contributed by atoms with Gasteiger partial charge in [-0.3, -0.25) is 4.90 Å². The van der Waals surface area contributed by atoms with Crippen molar-refractivity contribution in [2.75, 3.05) is 26.7 Å². The molecule has 2 bridgehead atoms. The van der Waals surface area contributed by atoms with E-state index in [4.69, 9.17) is 4.74 Å². The summed E-state index contributed by atoms with van der Waals surface area (Å²) in [6, 6.07) is 6.46. The first-order valence-electron chi connectivity index (χ1n) is 11.9. The zero-order valence-electron chi connectivity index (χ0n) is 18.7. The zero-order chi connectivity index (χ0) is 21.1. The largest absolute Gasteiger partial charge is 0.497 e. The van der Waals surface area contributed by atoms with Crippen molar-refractivity contribution in [2.45, 2.75) is 81.6 Å². The van der Waals surface area contributed by atoms with Gasteiger partial charge < -0.3 is 20.3 Å². The molecular formula is C25H38N2O3. The Hall–Kier alpha value is -1.14. The molecule has 5 heteroatoms. The Morgan fingerprint density at radius 2 is 2.07 bits per heavy atom. The summed E-state index contributed by atoms with van der Waals surface area (Å²) in [5.41, 5.74) is 1.32. The maximum atomic E-state index is 12.5. The molecule has 5 atom stereocenters. The highest BCUT2D eigenvalue weighted by Gasteiger charge is 2.66. The lowest BCUT2D eigenvalue weighted by Crippen LogP contribution is -2.76. The van der Waals surface area contributed by atoms with E-state index in [-0.39, 0.29) is 12.1 Å². The van der Waals surface area contributed by atoms with Crippen LogP contribution in [0, 0.1) is 11.8 Å². The molecule has 0 radical (unpaired) electrons. The van der Waals surface area contributed by atoms with Crippen molar-refractivity contribution < 1.29 is 14.9 Å². The van der Waals surface area contributed by atoms with Gasteiger partial charge in [0.15, 0.2) is 0 Å². The molecule has 30 heavy (non-hydrogen) atoms. The average molecular weight is 415 g/mol. The second-order valence-corrected chi connectivity index (χ2v) is 10.8. The Morgan fingerprint density at radius 3 is 2.77 bits per heavy atom. The number of nitrogens with one attached hydrogen (secondary N) is 1. The van der Waals surface area contributed by atoms with Gasteiger partial charge in [0, 0.05) is 24.0 Å². The smallest absolute Gasteiger partial charge is 0.119 e. The highest BCUT2D eigenvalue weighted by Crippen LogP contribution is 2.59. The lowest BCUT2D eigenvalue weighted by molar-refractivity contribution is -0.190. The molecule has 1 aromatic carbocycles. The molecule has 3 fully saturated rings. The lowest BCUT2D eigenvalue weighted by atomic mass is 9.48. The molecule has 5 rings (SSSR count). The summed E-state index contributed by atoms with van der Waals surface area (Å²) in [5.74, 6) is 2.17. The van der Waals surface area contributed by atoms with Crippen molar-refractivity contribution >= 4 is 0 Å². The lowest BCUT2D eigenvalue weighted by Gasteiger charge is -2.65. The normalized spacial score (nSPS) is 38.3. The minimum absolute atomic E-state index is 0.0546. The molecule has 1 heterocycles. The number of likely N-dealkylation sites (tertiary alicyclic amines) is 1. The predicted octanol–water partition coefficient (Wildman–Crippen LogP) is 2.47. The van der Waals surface area contributed by atoms with Gasteiger partial charge in [-0.1, -0.05) is 19.9 Å². The molecule has 5 unspecified atom stereocenters. The van der Waals surface area contributed by atoms with Crippen LogP contribution >= 0.6 is 0 Å². The Bertz CT molecular complexity index is 795. The molecule has 0 spiro atoms. The van der Waals surface area contributed by atoms with Crippen LogP contribution in [0.15, 0.2) is 18.2 Å². The van der Waals surface area contributed by atoms with Gasteiger partial charge in [0.1, 0.15) is 5.75 Å². The highest BCUT2D eigenvalue weighted by molar-refractivity contribution is 5.49. The van der Waals surface area contributed by atoms with E-state index in [1.807, 2.05) is 6.07 Å². The predicted molar refractivity (Wildman–Crippen MR) is 118 cm³/mol. The number of aliphatic hydroxyl groups excluding tert-OH is 1. The van der Waals surface area contributed by atoms with E-state index in [0.29, 0.717) is 18.8 Å². The molecule has 1 aromatic rings. The minimum atomic E-state index is -0.826. The minimum Gasteiger partial charge on any atom is -0.497 e. The first kappa shape index (κ1) is 20.7. The van der Waals surface area contributed by atoms with Crippen LogP contribution in [0.2, 0.25) is 0 Å². The van der Waals surface area contributed by atoms with Gasteiger partial charge in [-0.25, -0.2) is 0 Å². The second kappa shape index (κ2) is 7.47. The van der Waals surface area contributed by atoms with Crippen LogP contribution in [0.4, 0.5) is 0 Å². The Labute approximate surface area is 180 Å². The summed E-state index contributed by atoms with van der Waals surface area (Å²) in [6.07, 6.45) is 5.24. The summed E-state index contributed by atoms with van der Waals surface area (Å²) in [7, 11) is 1.71. The van der Waals surface area contributed by atoms with Gasteiger partial charge in [0.05, 0.1) is 18.8 Å². The van der Waals surface area contributed by atoms with E-state index in [1.165, 1.54) is 24.0 Å². The van der Waals surface area contributed by atoms with Crippen molar-refractivity contribution in [3.63, 3.8) is 0 Å². The van der Waals surface area contributed by atoms with E-state index in [9.17, 15) is 10.2 Å². The topological polar surface area (TPSA) is 65.0 Å².